The van der Waals surface area contributed by atoms with Crippen molar-refractivity contribution in [3.05, 3.63) is 0 Å². The number of nitrogens with one attached hydrogen (secondary N) is 1. The van der Waals surface area contributed by atoms with E-state index in [9.17, 15) is 24.0 Å². The Labute approximate surface area is 251 Å². The standard InChI is InChI=1S/C30H53NO8.CO2/c1-18(32)19(15-20(24(34)37-28(5,6)7)25(35)38-29(8,9)10)16-23(33)22(31-14)17-21(27(2,3)4)26(36)39-30(11,12)13;2-1-3/h19-22,31H,15-17H2,1-14H3;/t19-,21?,22+;/m1./s1. The zero-order valence-corrected chi connectivity index (χ0v) is 28.0. The van der Waals surface area contributed by atoms with Crippen LogP contribution in [0.25, 0.3) is 0 Å². The molecule has 0 aliphatic heterocycles. The third kappa shape index (κ3) is 17.8. The van der Waals surface area contributed by atoms with Crippen LogP contribution < -0.4 is 5.32 Å². The van der Waals surface area contributed by atoms with Gasteiger partial charge in [-0.3, -0.25) is 24.0 Å². The van der Waals surface area contributed by atoms with E-state index >= 15 is 0 Å². The highest BCUT2D eigenvalue weighted by atomic mass is 16.6. The Morgan fingerprint density at radius 3 is 1.31 bits per heavy atom. The van der Waals surface area contributed by atoms with E-state index in [-0.39, 0.29) is 37.0 Å². The molecule has 1 N–H and O–H groups in total. The van der Waals surface area contributed by atoms with E-state index in [1.54, 1.807) is 69.4 Å². The molecular formula is C31H53NO10. The summed E-state index contributed by atoms with van der Waals surface area (Å²) < 4.78 is 16.5. The van der Waals surface area contributed by atoms with Crippen molar-refractivity contribution in [1.29, 1.82) is 0 Å². The fraction of sp³-hybridized carbons (Fsp3) is 0.806. The third-order valence-electron chi connectivity index (χ3n) is 5.87. The van der Waals surface area contributed by atoms with Crippen LogP contribution in [0.3, 0.4) is 0 Å². The molecule has 0 aromatic carbocycles. The van der Waals surface area contributed by atoms with Crippen LogP contribution in [0.4, 0.5) is 0 Å². The predicted octanol–water partition coefficient (Wildman–Crippen LogP) is 4.24. The molecule has 0 fully saturated rings. The smallest absolute Gasteiger partial charge is 0.373 e. The Morgan fingerprint density at radius 1 is 0.667 bits per heavy atom. The average molecular weight is 600 g/mol. The number of hydrogen-bond donors (Lipinski definition) is 1. The van der Waals surface area contributed by atoms with Gasteiger partial charge in [0, 0.05) is 12.3 Å². The maximum atomic E-state index is 13.4. The van der Waals surface area contributed by atoms with Gasteiger partial charge in [-0.2, -0.15) is 9.59 Å². The summed E-state index contributed by atoms with van der Waals surface area (Å²) in [5.74, 6) is -5.55. The first-order valence-electron chi connectivity index (χ1n) is 14.1. The van der Waals surface area contributed by atoms with Crippen LogP contribution in [0.15, 0.2) is 0 Å². The second kappa shape index (κ2) is 16.7. The van der Waals surface area contributed by atoms with E-state index < -0.39 is 63.9 Å². The molecule has 0 bridgehead atoms. The highest BCUT2D eigenvalue weighted by Crippen LogP contribution is 2.33. The number of ether oxygens (including phenoxy) is 3. The molecule has 11 heteroatoms. The van der Waals surface area contributed by atoms with Crippen molar-refractivity contribution < 1.29 is 47.8 Å². The third-order valence-corrected chi connectivity index (χ3v) is 5.87. The number of carbonyl (C=O) groups is 5. The van der Waals surface area contributed by atoms with Gasteiger partial charge < -0.3 is 19.5 Å². The molecule has 3 atom stereocenters. The summed E-state index contributed by atoms with van der Waals surface area (Å²) >= 11 is 0. The molecule has 0 aliphatic rings. The molecule has 42 heavy (non-hydrogen) atoms. The highest BCUT2D eigenvalue weighted by Gasteiger charge is 2.41. The van der Waals surface area contributed by atoms with Crippen LogP contribution in [0.5, 0.6) is 0 Å². The number of ketones is 2. The summed E-state index contributed by atoms with van der Waals surface area (Å²) in [4.78, 5) is 81.3. The average Bonchev–Trinajstić information content (AvgIpc) is 2.72. The van der Waals surface area contributed by atoms with Gasteiger partial charge in [-0.1, -0.05) is 20.8 Å². The van der Waals surface area contributed by atoms with Crippen LogP contribution in [0.1, 0.15) is 109 Å². The van der Waals surface area contributed by atoms with Gasteiger partial charge in [-0.15, -0.1) is 0 Å². The van der Waals surface area contributed by atoms with E-state index in [0.29, 0.717) is 0 Å². The quantitative estimate of drug-likeness (QED) is 0.194. The molecule has 0 rings (SSSR count). The van der Waals surface area contributed by atoms with Crippen molar-refractivity contribution in [2.45, 2.75) is 132 Å². The van der Waals surface area contributed by atoms with Crippen molar-refractivity contribution >= 4 is 35.6 Å². The molecular weight excluding hydrogens is 546 g/mol. The van der Waals surface area contributed by atoms with Crippen molar-refractivity contribution in [2.75, 3.05) is 7.05 Å². The van der Waals surface area contributed by atoms with Crippen molar-refractivity contribution in [3.63, 3.8) is 0 Å². The summed E-state index contributed by atoms with van der Waals surface area (Å²) in [6.45, 7) is 22.5. The van der Waals surface area contributed by atoms with Crippen LogP contribution in [0.2, 0.25) is 0 Å². The normalized spacial score (nSPS) is 14.4. The van der Waals surface area contributed by atoms with Crippen molar-refractivity contribution in [1.82, 2.24) is 5.32 Å². The minimum absolute atomic E-state index is 0.167. The van der Waals surface area contributed by atoms with Gasteiger partial charge in [0.25, 0.3) is 0 Å². The molecule has 0 heterocycles. The number of rotatable bonds is 12. The maximum absolute atomic E-state index is 13.4. The molecule has 1 unspecified atom stereocenters. The van der Waals surface area contributed by atoms with Gasteiger partial charge in [0.05, 0.1) is 12.0 Å². The minimum atomic E-state index is -1.37. The first kappa shape index (κ1) is 41.2. The molecule has 0 aromatic heterocycles. The molecule has 0 radical (unpaired) electrons. The van der Waals surface area contributed by atoms with Crippen LogP contribution in [-0.2, 0) is 47.8 Å². The van der Waals surface area contributed by atoms with E-state index in [4.69, 9.17) is 23.8 Å². The van der Waals surface area contributed by atoms with Gasteiger partial charge in [0.15, 0.2) is 5.92 Å². The highest BCUT2D eigenvalue weighted by molar-refractivity contribution is 5.96. The van der Waals surface area contributed by atoms with E-state index in [1.807, 2.05) is 20.8 Å². The lowest BCUT2D eigenvalue weighted by Gasteiger charge is -2.34. The zero-order chi connectivity index (χ0) is 33.9. The predicted molar refractivity (Wildman–Crippen MR) is 155 cm³/mol. The topological polar surface area (TPSA) is 159 Å². The molecule has 0 aromatic rings. The Balaban J connectivity index is 0. The van der Waals surface area contributed by atoms with Gasteiger partial charge in [0.2, 0.25) is 0 Å². The maximum Gasteiger partial charge on any atom is 0.373 e. The summed E-state index contributed by atoms with van der Waals surface area (Å²) in [6, 6.07) is -0.745. The molecule has 0 saturated heterocycles. The molecule has 0 amide bonds. The lowest BCUT2D eigenvalue weighted by Crippen LogP contribution is -2.44. The number of carbonyl (C=O) groups excluding carboxylic acids is 7. The number of esters is 3. The summed E-state index contributed by atoms with van der Waals surface area (Å²) in [5.41, 5.74) is -2.90. The van der Waals surface area contributed by atoms with Gasteiger partial charge in [0.1, 0.15) is 28.4 Å². The molecule has 0 saturated carbocycles. The number of Topliss-reactive ketones (excluding diaryl/α,β-unsaturated/α-hetero) is 2. The first-order valence-corrected chi connectivity index (χ1v) is 14.1. The van der Waals surface area contributed by atoms with Gasteiger partial charge in [-0.05, 0) is 94.5 Å². The van der Waals surface area contributed by atoms with E-state index in [2.05, 4.69) is 5.32 Å². The lowest BCUT2D eigenvalue weighted by molar-refractivity contribution is -0.192. The molecule has 0 spiro atoms. The largest absolute Gasteiger partial charge is 0.460 e. The minimum Gasteiger partial charge on any atom is -0.460 e. The fourth-order valence-corrected chi connectivity index (χ4v) is 3.92. The Kier molecular flexibility index (Phi) is 16.3. The number of hydrogen-bond acceptors (Lipinski definition) is 11. The summed E-state index contributed by atoms with van der Waals surface area (Å²) in [6.07, 6.45) is -0.0237. The Bertz CT molecular complexity index is 940. The number of likely N-dealkylation sites (N-methyl/N-ethyl adjacent to an activating group) is 1. The van der Waals surface area contributed by atoms with Gasteiger partial charge >= 0.3 is 24.1 Å². The fourth-order valence-electron chi connectivity index (χ4n) is 3.92. The second-order valence-electron chi connectivity index (χ2n) is 14.4. The van der Waals surface area contributed by atoms with Crippen LogP contribution in [0, 0.1) is 23.2 Å². The monoisotopic (exact) mass is 599 g/mol. The van der Waals surface area contributed by atoms with Gasteiger partial charge in [-0.25, -0.2) is 0 Å². The molecule has 242 valence electrons. The molecule has 11 nitrogen and oxygen atoms in total. The zero-order valence-electron chi connectivity index (χ0n) is 28.0. The Morgan fingerprint density at radius 2 is 1.02 bits per heavy atom. The summed E-state index contributed by atoms with van der Waals surface area (Å²) in [7, 11) is 1.62. The second-order valence-corrected chi connectivity index (χ2v) is 14.4. The SMILES string of the molecule is CN[C@@H](CC(C(=O)OC(C)(C)C)C(C)(C)C)C(=O)C[C@@H](CC(C(=O)OC(C)(C)C)C(=O)OC(C)(C)C)C(C)=O.O=C=O. The molecule has 0 aliphatic carbocycles. The lowest BCUT2D eigenvalue weighted by atomic mass is 9.75. The summed E-state index contributed by atoms with van der Waals surface area (Å²) in [5, 5.41) is 2.98. The van der Waals surface area contributed by atoms with Crippen molar-refractivity contribution in [3.8, 4) is 0 Å². The van der Waals surface area contributed by atoms with E-state index in [0.717, 1.165) is 0 Å². The van der Waals surface area contributed by atoms with Crippen molar-refractivity contribution in [2.24, 2.45) is 23.2 Å². The Hall–Kier alpha value is -2.91. The van der Waals surface area contributed by atoms with Crippen LogP contribution in [-0.4, -0.2) is 65.5 Å². The first-order chi connectivity index (χ1) is 18.7. The van der Waals surface area contributed by atoms with Crippen LogP contribution >= 0.6 is 0 Å². The van der Waals surface area contributed by atoms with E-state index in [1.165, 1.54) is 6.92 Å².